The van der Waals surface area contributed by atoms with Crippen LogP contribution in [0.4, 0.5) is 11.4 Å². The summed E-state index contributed by atoms with van der Waals surface area (Å²) in [7, 11) is 0. The van der Waals surface area contributed by atoms with Gasteiger partial charge < -0.3 is 25.3 Å². The second kappa shape index (κ2) is 11.0. The summed E-state index contributed by atoms with van der Waals surface area (Å²) in [5.74, 6) is -0.0268. The van der Waals surface area contributed by atoms with E-state index in [1.54, 1.807) is 24.3 Å². The molecule has 3 amide bonds. The summed E-state index contributed by atoms with van der Waals surface area (Å²) >= 11 is 0. The van der Waals surface area contributed by atoms with Gasteiger partial charge in [0.1, 0.15) is 0 Å². The normalized spacial score (nSPS) is 18.1. The van der Waals surface area contributed by atoms with Crippen molar-refractivity contribution >= 4 is 29.1 Å². The number of nitriles is 1. The van der Waals surface area contributed by atoms with Crippen LogP contribution in [0.15, 0.2) is 42.5 Å². The van der Waals surface area contributed by atoms with Crippen LogP contribution in [0.25, 0.3) is 0 Å². The van der Waals surface area contributed by atoms with Crippen molar-refractivity contribution in [1.29, 1.82) is 5.26 Å². The molecule has 3 fully saturated rings. The van der Waals surface area contributed by atoms with E-state index < -0.39 is 0 Å². The van der Waals surface area contributed by atoms with Crippen molar-refractivity contribution in [2.24, 2.45) is 5.92 Å². The molecule has 3 aliphatic rings. The molecule has 0 bridgehead atoms. The molecule has 0 unspecified atom stereocenters. The fraction of sp³-hybridized carbons (Fsp3) is 0.429. The van der Waals surface area contributed by atoms with E-state index in [0.29, 0.717) is 55.1 Å². The summed E-state index contributed by atoms with van der Waals surface area (Å²) in [4.78, 5) is 44.8. The standard InChI is InChI=1S/C28H32N6O3/c29-19-20-2-4-22(5-3-20)27(36)33-13-1-12-32(16-17-33)25-9-8-23(28(37)34-14-10-30-11-15-34)18-24(25)31-26(35)21-6-7-21/h2-5,8-9,18,21,30H,1,6-7,10-17H2,(H,31,35). The molecule has 1 saturated carbocycles. The molecule has 9 heteroatoms. The molecular weight excluding hydrogens is 468 g/mol. The number of nitrogens with zero attached hydrogens (tertiary/aromatic N) is 4. The molecule has 2 heterocycles. The topological polar surface area (TPSA) is 109 Å². The Morgan fingerprint density at radius 1 is 0.838 bits per heavy atom. The molecule has 0 aromatic heterocycles. The van der Waals surface area contributed by atoms with Crippen LogP contribution in [-0.2, 0) is 4.79 Å². The minimum Gasteiger partial charge on any atom is -0.368 e. The number of rotatable bonds is 5. The quantitative estimate of drug-likeness (QED) is 0.652. The Morgan fingerprint density at radius 2 is 1.51 bits per heavy atom. The van der Waals surface area contributed by atoms with E-state index in [2.05, 4.69) is 21.6 Å². The molecule has 0 spiro atoms. The highest BCUT2D eigenvalue weighted by Crippen LogP contribution is 2.34. The van der Waals surface area contributed by atoms with Crippen LogP contribution in [0.5, 0.6) is 0 Å². The summed E-state index contributed by atoms with van der Waals surface area (Å²) in [6.45, 7) is 5.39. The molecule has 0 radical (unpaired) electrons. The zero-order valence-electron chi connectivity index (χ0n) is 20.9. The van der Waals surface area contributed by atoms with E-state index in [4.69, 9.17) is 5.26 Å². The summed E-state index contributed by atoms with van der Waals surface area (Å²) < 4.78 is 0. The number of carbonyl (C=O) groups is 3. The predicted molar refractivity (Wildman–Crippen MR) is 140 cm³/mol. The molecule has 37 heavy (non-hydrogen) atoms. The van der Waals surface area contributed by atoms with E-state index in [1.165, 1.54) is 0 Å². The molecule has 0 atom stereocenters. The Hall–Kier alpha value is -3.90. The van der Waals surface area contributed by atoms with Gasteiger partial charge in [-0.05, 0) is 61.7 Å². The van der Waals surface area contributed by atoms with Gasteiger partial charge in [-0.25, -0.2) is 0 Å². The average molecular weight is 501 g/mol. The Balaban J connectivity index is 1.33. The van der Waals surface area contributed by atoms with Crippen molar-refractivity contribution < 1.29 is 14.4 Å². The first kappa shape index (κ1) is 24.8. The zero-order chi connectivity index (χ0) is 25.8. The van der Waals surface area contributed by atoms with Crippen LogP contribution in [-0.4, -0.2) is 79.9 Å². The molecule has 2 saturated heterocycles. The third-order valence-corrected chi connectivity index (χ3v) is 7.24. The summed E-state index contributed by atoms with van der Waals surface area (Å²) in [5, 5.41) is 15.4. The predicted octanol–water partition coefficient (Wildman–Crippen LogP) is 2.30. The minimum absolute atomic E-state index is 0.000429. The van der Waals surface area contributed by atoms with Crippen molar-refractivity contribution in [2.75, 3.05) is 62.6 Å². The maximum absolute atomic E-state index is 13.1. The van der Waals surface area contributed by atoms with Gasteiger partial charge in [-0.3, -0.25) is 14.4 Å². The van der Waals surface area contributed by atoms with Gasteiger partial charge in [-0.1, -0.05) is 0 Å². The Kier molecular flexibility index (Phi) is 7.37. The molecule has 9 nitrogen and oxygen atoms in total. The zero-order valence-corrected chi connectivity index (χ0v) is 20.9. The first-order valence-electron chi connectivity index (χ1n) is 13.0. The smallest absolute Gasteiger partial charge is 0.254 e. The summed E-state index contributed by atoms with van der Waals surface area (Å²) in [5.41, 5.74) is 3.20. The van der Waals surface area contributed by atoms with Crippen molar-refractivity contribution in [3.05, 3.63) is 59.2 Å². The number of piperazine rings is 1. The van der Waals surface area contributed by atoms with Crippen molar-refractivity contribution in [1.82, 2.24) is 15.1 Å². The maximum atomic E-state index is 13.1. The van der Waals surface area contributed by atoms with E-state index in [1.807, 2.05) is 28.0 Å². The van der Waals surface area contributed by atoms with Gasteiger partial charge in [0.05, 0.1) is 23.0 Å². The van der Waals surface area contributed by atoms with Crippen molar-refractivity contribution in [3.8, 4) is 6.07 Å². The fourth-order valence-corrected chi connectivity index (χ4v) is 4.91. The number of nitrogens with one attached hydrogen (secondary N) is 2. The van der Waals surface area contributed by atoms with E-state index in [9.17, 15) is 14.4 Å². The van der Waals surface area contributed by atoms with Gasteiger partial charge in [0, 0.05) is 69.4 Å². The largest absolute Gasteiger partial charge is 0.368 e. The number of benzene rings is 2. The molecule has 2 aromatic rings. The molecule has 2 aromatic carbocycles. The third-order valence-electron chi connectivity index (χ3n) is 7.24. The highest BCUT2D eigenvalue weighted by atomic mass is 16.2. The molecular formula is C28H32N6O3. The molecule has 2 N–H and O–H groups in total. The van der Waals surface area contributed by atoms with Gasteiger partial charge in [0.25, 0.3) is 11.8 Å². The Bertz CT molecular complexity index is 1210. The van der Waals surface area contributed by atoms with Crippen LogP contribution >= 0.6 is 0 Å². The first-order chi connectivity index (χ1) is 18.0. The molecule has 2 aliphatic heterocycles. The van der Waals surface area contributed by atoms with E-state index >= 15 is 0 Å². The lowest BCUT2D eigenvalue weighted by molar-refractivity contribution is -0.117. The minimum atomic E-state index is -0.0504. The van der Waals surface area contributed by atoms with Crippen LogP contribution in [0.2, 0.25) is 0 Å². The van der Waals surface area contributed by atoms with Gasteiger partial charge in [-0.2, -0.15) is 5.26 Å². The van der Waals surface area contributed by atoms with Crippen LogP contribution in [0.1, 0.15) is 45.5 Å². The lowest BCUT2D eigenvalue weighted by atomic mass is 10.1. The lowest BCUT2D eigenvalue weighted by Gasteiger charge is -2.29. The van der Waals surface area contributed by atoms with Gasteiger partial charge in [0.2, 0.25) is 5.91 Å². The van der Waals surface area contributed by atoms with Crippen LogP contribution in [0, 0.1) is 17.2 Å². The number of amides is 3. The van der Waals surface area contributed by atoms with Crippen LogP contribution < -0.4 is 15.5 Å². The maximum Gasteiger partial charge on any atom is 0.254 e. The molecule has 192 valence electrons. The number of hydrogen-bond donors (Lipinski definition) is 2. The lowest BCUT2D eigenvalue weighted by Crippen LogP contribution is -2.46. The first-order valence-corrected chi connectivity index (χ1v) is 13.0. The number of carbonyl (C=O) groups excluding carboxylic acids is 3. The molecule has 5 rings (SSSR count). The van der Waals surface area contributed by atoms with Crippen LogP contribution in [0.3, 0.4) is 0 Å². The van der Waals surface area contributed by atoms with E-state index in [-0.39, 0.29) is 23.6 Å². The SMILES string of the molecule is N#Cc1ccc(C(=O)N2CCCN(c3ccc(C(=O)N4CCNCC4)cc3NC(=O)C3CC3)CC2)cc1. The monoisotopic (exact) mass is 500 g/mol. The van der Waals surface area contributed by atoms with Crippen molar-refractivity contribution in [3.63, 3.8) is 0 Å². The van der Waals surface area contributed by atoms with E-state index in [0.717, 1.165) is 44.6 Å². The van der Waals surface area contributed by atoms with Gasteiger partial charge in [-0.15, -0.1) is 0 Å². The number of anilines is 2. The fourth-order valence-electron chi connectivity index (χ4n) is 4.91. The summed E-state index contributed by atoms with van der Waals surface area (Å²) in [6.07, 6.45) is 2.58. The highest BCUT2D eigenvalue weighted by molar-refractivity contribution is 6.01. The van der Waals surface area contributed by atoms with Gasteiger partial charge >= 0.3 is 0 Å². The second-order valence-corrected chi connectivity index (χ2v) is 9.86. The Labute approximate surface area is 217 Å². The second-order valence-electron chi connectivity index (χ2n) is 9.86. The number of hydrogen-bond acceptors (Lipinski definition) is 6. The molecule has 1 aliphatic carbocycles. The Morgan fingerprint density at radius 3 is 2.22 bits per heavy atom. The summed E-state index contributed by atoms with van der Waals surface area (Å²) in [6, 6.07) is 14.4. The van der Waals surface area contributed by atoms with Crippen molar-refractivity contribution in [2.45, 2.75) is 19.3 Å². The van der Waals surface area contributed by atoms with Gasteiger partial charge in [0.15, 0.2) is 0 Å². The third kappa shape index (κ3) is 5.75. The highest BCUT2D eigenvalue weighted by Gasteiger charge is 2.31. The average Bonchev–Trinajstić information content (AvgIpc) is 3.81.